The van der Waals surface area contributed by atoms with E-state index >= 15 is 0 Å². The van der Waals surface area contributed by atoms with Crippen LogP contribution in [0.15, 0.2) is 0 Å². The SMILES string of the molecule is CC(C)(C)OC(=O)NCCOCCOC1CCCC(CC(=O)O)C1. The van der Waals surface area contributed by atoms with Crippen molar-refractivity contribution in [3.8, 4) is 0 Å². The Morgan fingerprint density at radius 3 is 2.58 bits per heavy atom. The number of hydrogen-bond donors (Lipinski definition) is 2. The van der Waals surface area contributed by atoms with Crippen LogP contribution in [0.2, 0.25) is 0 Å². The lowest BCUT2D eigenvalue weighted by Crippen LogP contribution is -2.34. The molecule has 140 valence electrons. The van der Waals surface area contributed by atoms with Gasteiger partial charge in [-0.1, -0.05) is 6.42 Å². The maximum atomic E-state index is 11.4. The van der Waals surface area contributed by atoms with Gasteiger partial charge in [0.05, 0.1) is 25.9 Å². The fraction of sp³-hybridized carbons (Fsp3) is 0.882. The minimum Gasteiger partial charge on any atom is -0.481 e. The minimum atomic E-state index is -0.735. The second-order valence-corrected chi connectivity index (χ2v) is 7.16. The Kier molecular flexibility index (Phi) is 9.07. The van der Waals surface area contributed by atoms with Crippen LogP contribution < -0.4 is 5.32 Å². The summed E-state index contributed by atoms with van der Waals surface area (Å²) < 4.78 is 16.3. The van der Waals surface area contributed by atoms with E-state index in [-0.39, 0.29) is 18.4 Å². The van der Waals surface area contributed by atoms with Crippen molar-refractivity contribution in [2.75, 3.05) is 26.4 Å². The zero-order valence-corrected chi connectivity index (χ0v) is 15.0. The molecule has 2 atom stereocenters. The van der Waals surface area contributed by atoms with Gasteiger partial charge in [-0.3, -0.25) is 4.79 Å². The number of nitrogens with one attached hydrogen (secondary N) is 1. The van der Waals surface area contributed by atoms with Gasteiger partial charge in [0.25, 0.3) is 0 Å². The molecule has 1 aliphatic carbocycles. The van der Waals surface area contributed by atoms with Gasteiger partial charge in [-0.2, -0.15) is 0 Å². The van der Waals surface area contributed by atoms with Crippen molar-refractivity contribution in [1.82, 2.24) is 5.32 Å². The average Bonchev–Trinajstić information content (AvgIpc) is 2.44. The van der Waals surface area contributed by atoms with Gasteiger partial charge in [0.2, 0.25) is 0 Å². The first-order chi connectivity index (χ1) is 11.3. The molecule has 0 bridgehead atoms. The van der Waals surface area contributed by atoms with Crippen molar-refractivity contribution in [3.05, 3.63) is 0 Å². The Morgan fingerprint density at radius 1 is 1.17 bits per heavy atom. The highest BCUT2D eigenvalue weighted by Crippen LogP contribution is 2.28. The van der Waals surface area contributed by atoms with Crippen LogP contribution >= 0.6 is 0 Å². The first kappa shape index (κ1) is 20.7. The Hall–Kier alpha value is -1.34. The standard InChI is InChI=1S/C17H31NO6/c1-17(2,3)24-16(21)18-7-8-22-9-10-23-14-6-4-5-13(11-14)12-15(19)20/h13-14H,4-12H2,1-3H3,(H,18,21)(H,19,20). The molecular weight excluding hydrogens is 314 g/mol. The summed E-state index contributed by atoms with van der Waals surface area (Å²) >= 11 is 0. The fourth-order valence-corrected chi connectivity index (χ4v) is 2.74. The quantitative estimate of drug-likeness (QED) is 0.624. The summed E-state index contributed by atoms with van der Waals surface area (Å²) in [7, 11) is 0. The predicted molar refractivity (Wildman–Crippen MR) is 89.0 cm³/mol. The molecular formula is C17H31NO6. The van der Waals surface area contributed by atoms with Crippen molar-refractivity contribution < 1.29 is 28.9 Å². The van der Waals surface area contributed by atoms with Crippen LogP contribution in [0.25, 0.3) is 0 Å². The molecule has 0 aromatic rings. The number of carbonyl (C=O) groups is 2. The minimum absolute atomic E-state index is 0.131. The lowest BCUT2D eigenvalue weighted by atomic mass is 9.85. The third-order valence-electron chi connectivity index (χ3n) is 3.69. The van der Waals surface area contributed by atoms with Crippen LogP contribution in [0.4, 0.5) is 4.79 Å². The number of carboxylic acids is 1. The zero-order chi connectivity index (χ0) is 18.0. The zero-order valence-electron chi connectivity index (χ0n) is 15.0. The molecule has 1 rings (SSSR count). The van der Waals surface area contributed by atoms with Gasteiger partial charge in [0.15, 0.2) is 0 Å². The molecule has 0 radical (unpaired) electrons. The van der Waals surface area contributed by atoms with E-state index in [2.05, 4.69) is 5.32 Å². The smallest absolute Gasteiger partial charge is 0.407 e. The van der Waals surface area contributed by atoms with E-state index in [9.17, 15) is 9.59 Å². The molecule has 7 heteroatoms. The number of carbonyl (C=O) groups excluding carboxylic acids is 1. The van der Waals surface area contributed by atoms with Crippen LogP contribution in [0.1, 0.15) is 52.9 Å². The first-order valence-electron chi connectivity index (χ1n) is 8.64. The molecule has 0 aliphatic heterocycles. The Bertz CT molecular complexity index is 393. The van der Waals surface area contributed by atoms with E-state index in [0.29, 0.717) is 26.4 Å². The maximum Gasteiger partial charge on any atom is 0.407 e. The number of aliphatic carboxylic acids is 1. The van der Waals surface area contributed by atoms with Gasteiger partial charge in [0, 0.05) is 13.0 Å². The van der Waals surface area contributed by atoms with Gasteiger partial charge in [-0.05, 0) is 46.0 Å². The highest BCUT2D eigenvalue weighted by Gasteiger charge is 2.24. The van der Waals surface area contributed by atoms with Crippen LogP contribution in [0.3, 0.4) is 0 Å². The molecule has 1 amide bonds. The molecule has 7 nitrogen and oxygen atoms in total. The van der Waals surface area contributed by atoms with E-state index in [4.69, 9.17) is 19.3 Å². The number of hydrogen-bond acceptors (Lipinski definition) is 5. The van der Waals surface area contributed by atoms with Crippen molar-refractivity contribution in [1.29, 1.82) is 0 Å². The third kappa shape index (κ3) is 10.4. The van der Waals surface area contributed by atoms with Crippen LogP contribution in [-0.2, 0) is 19.0 Å². The molecule has 0 spiro atoms. The highest BCUT2D eigenvalue weighted by atomic mass is 16.6. The molecule has 0 heterocycles. The van der Waals surface area contributed by atoms with Crippen LogP contribution in [0, 0.1) is 5.92 Å². The fourth-order valence-electron chi connectivity index (χ4n) is 2.74. The van der Waals surface area contributed by atoms with Gasteiger partial charge < -0.3 is 24.6 Å². The van der Waals surface area contributed by atoms with Crippen molar-refractivity contribution >= 4 is 12.1 Å². The highest BCUT2D eigenvalue weighted by molar-refractivity contribution is 5.67. The second kappa shape index (κ2) is 10.5. The molecule has 24 heavy (non-hydrogen) atoms. The number of carboxylic acid groups (broad SMARTS) is 1. The summed E-state index contributed by atoms with van der Waals surface area (Å²) in [4.78, 5) is 22.2. The van der Waals surface area contributed by atoms with E-state index in [1.54, 1.807) is 0 Å². The molecule has 0 aromatic carbocycles. The number of amides is 1. The molecule has 1 aliphatic rings. The van der Waals surface area contributed by atoms with E-state index in [0.717, 1.165) is 25.7 Å². The average molecular weight is 345 g/mol. The first-order valence-corrected chi connectivity index (χ1v) is 8.64. The Morgan fingerprint density at radius 2 is 1.92 bits per heavy atom. The number of alkyl carbamates (subject to hydrolysis) is 1. The summed E-state index contributed by atoms with van der Waals surface area (Å²) in [6, 6.07) is 0. The lowest BCUT2D eigenvalue weighted by molar-refractivity contribution is -0.138. The van der Waals surface area contributed by atoms with Crippen LogP contribution in [0.5, 0.6) is 0 Å². The Labute approximate surface area is 144 Å². The van der Waals surface area contributed by atoms with Crippen molar-refractivity contribution in [2.45, 2.75) is 64.6 Å². The van der Waals surface area contributed by atoms with Crippen molar-refractivity contribution in [3.63, 3.8) is 0 Å². The Balaban J connectivity index is 2.00. The summed E-state index contributed by atoms with van der Waals surface area (Å²) in [6.45, 7) is 7.16. The normalized spacial score (nSPS) is 21.3. The predicted octanol–water partition coefficient (Wildman–Crippen LogP) is 2.58. The summed E-state index contributed by atoms with van der Waals surface area (Å²) in [6.07, 6.45) is 3.69. The van der Waals surface area contributed by atoms with Gasteiger partial charge in [-0.15, -0.1) is 0 Å². The van der Waals surface area contributed by atoms with Gasteiger partial charge in [0.1, 0.15) is 5.60 Å². The molecule has 2 N–H and O–H groups in total. The van der Waals surface area contributed by atoms with E-state index in [1.165, 1.54) is 0 Å². The molecule has 0 aromatic heterocycles. The third-order valence-corrected chi connectivity index (χ3v) is 3.69. The summed E-state index contributed by atoms with van der Waals surface area (Å²) in [5.41, 5.74) is -0.503. The lowest BCUT2D eigenvalue weighted by Gasteiger charge is -2.28. The topological polar surface area (TPSA) is 94.1 Å². The summed E-state index contributed by atoms with van der Waals surface area (Å²) in [5, 5.41) is 11.5. The number of rotatable bonds is 9. The summed E-state index contributed by atoms with van der Waals surface area (Å²) in [5.74, 6) is -0.512. The largest absolute Gasteiger partial charge is 0.481 e. The molecule has 2 unspecified atom stereocenters. The second-order valence-electron chi connectivity index (χ2n) is 7.16. The monoisotopic (exact) mass is 345 g/mol. The van der Waals surface area contributed by atoms with Gasteiger partial charge in [-0.25, -0.2) is 4.79 Å². The van der Waals surface area contributed by atoms with Crippen LogP contribution in [-0.4, -0.2) is 55.2 Å². The molecule has 0 saturated heterocycles. The van der Waals surface area contributed by atoms with Crippen molar-refractivity contribution in [2.24, 2.45) is 5.92 Å². The number of ether oxygens (including phenoxy) is 3. The van der Waals surface area contributed by atoms with E-state index in [1.807, 2.05) is 20.8 Å². The molecule has 1 saturated carbocycles. The van der Waals surface area contributed by atoms with E-state index < -0.39 is 17.7 Å². The maximum absolute atomic E-state index is 11.4. The van der Waals surface area contributed by atoms with Gasteiger partial charge >= 0.3 is 12.1 Å². The molecule has 1 fully saturated rings.